The van der Waals surface area contributed by atoms with Crippen LogP contribution in [0.3, 0.4) is 0 Å². The van der Waals surface area contributed by atoms with E-state index in [4.69, 9.17) is 4.74 Å². The number of piperidine rings is 1. The van der Waals surface area contributed by atoms with Crippen LogP contribution in [0, 0.1) is 0 Å². The highest BCUT2D eigenvalue weighted by Gasteiger charge is 2.53. The van der Waals surface area contributed by atoms with Crippen molar-refractivity contribution in [2.24, 2.45) is 0 Å². The minimum absolute atomic E-state index is 0.0518. The molecule has 0 saturated carbocycles. The van der Waals surface area contributed by atoms with E-state index >= 15 is 0 Å². The van der Waals surface area contributed by atoms with E-state index in [2.05, 4.69) is 39.4 Å². The molecule has 1 spiro atoms. The third-order valence-electron chi connectivity index (χ3n) is 7.05. The number of nitrogens with one attached hydrogen (secondary N) is 1. The largest absolute Gasteiger partial charge is 0.390 e. The van der Waals surface area contributed by atoms with Gasteiger partial charge in [0.25, 0.3) is 0 Å². The molecule has 1 aliphatic carbocycles. The molecule has 2 heterocycles. The van der Waals surface area contributed by atoms with Crippen molar-refractivity contribution in [3.8, 4) is 0 Å². The molecule has 27 heavy (non-hydrogen) atoms. The summed E-state index contributed by atoms with van der Waals surface area (Å²) in [6.45, 7) is 8.35. The molecule has 4 rings (SSSR count). The van der Waals surface area contributed by atoms with E-state index in [9.17, 15) is 5.11 Å². The van der Waals surface area contributed by atoms with Crippen molar-refractivity contribution in [2.45, 2.75) is 43.2 Å². The monoisotopic (exact) mass is 373 g/mol. The van der Waals surface area contributed by atoms with Gasteiger partial charge in [-0.05, 0) is 56.4 Å². The van der Waals surface area contributed by atoms with E-state index in [0.29, 0.717) is 0 Å². The van der Waals surface area contributed by atoms with Gasteiger partial charge in [-0.15, -0.1) is 0 Å². The van der Waals surface area contributed by atoms with Gasteiger partial charge >= 0.3 is 0 Å². The van der Waals surface area contributed by atoms with Crippen LogP contribution in [0.25, 0.3) is 0 Å². The summed E-state index contributed by atoms with van der Waals surface area (Å²) in [6.07, 6.45) is 4.15. The number of aliphatic hydroxyl groups is 1. The van der Waals surface area contributed by atoms with Crippen LogP contribution >= 0.6 is 0 Å². The first-order valence-electron chi connectivity index (χ1n) is 10.7. The summed E-state index contributed by atoms with van der Waals surface area (Å²) >= 11 is 0. The van der Waals surface area contributed by atoms with Gasteiger partial charge in [-0.1, -0.05) is 24.3 Å². The van der Waals surface area contributed by atoms with E-state index in [-0.39, 0.29) is 17.6 Å². The van der Waals surface area contributed by atoms with Gasteiger partial charge in [0.05, 0.1) is 12.1 Å². The van der Waals surface area contributed by atoms with Gasteiger partial charge in [-0.2, -0.15) is 0 Å². The molecule has 0 unspecified atom stereocenters. The predicted molar refractivity (Wildman–Crippen MR) is 108 cm³/mol. The number of rotatable bonds is 6. The van der Waals surface area contributed by atoms with Crippen LogP contribution < -0.4 is 5.32 Å². The Kier molecular flexibility index (Phi) is 6.15. The minimum atomic E-state index is -0.287. The van der Waals surface area contributed by atoms with Gasteiger partial charge in [-0.25, -0.2) is 0 Å². The van der Waals surface area contributed by atoms with E-state index in [0.717, 1.165) is 71.7 Å². The molecular weight excluding hydrogens is 338 g/mol. The first-order valence-corrected chi connectivity index (χ1v) is 10.7. The lowest BCUT2D eigenvalue weighted by Gasteiger charge is -2.43. The van der Waals surface area contributed by atoms with Crippen molar-refractivity contribution in [2.75, 3.05) is 59.5 Å². The summed E-state index contributed by atoms with van der Waals surface area (Å²) in [5.41, 5.74) is 2.73. The number of ether oxygens (including phenoxy) is 1. The van der Waals surface area contributed by atoms with Crippen molar-refractivity contribution < 1.29 is 9.84 Å². The first kappa shape index (κ1) is 19.3. The molecule has 3 aliphatic rings. The van der Waals surface area contributed by atoms with Crippen molar-refractivity contribution in [1.29, 1.82) is 0 Å². The Balaban J connectivity index is 1.44. The van der Waals surface area contributed by atoms with E-state index in [1.807, 2.05) is 0 Å². The summed E-state index contributed by atoms with van der Waals surface area (Å²) in [4.78, 5) is 5.12. The summed E-state index contributed by atoms with van der Waals surface area (Å²) in [5.74, 6) is 0. The molecule has 2 atom stereocenters. The Bertz CT molecular complexity index is 609. The number of hydrogen-bond acceptors (Lipinski definition) is 5. The molecule has 0 radical (unpaired) electrons. The topological polar surface area (TPSA) is 48.0 Å². The molecule has 2 fully saturated rings. The molecule has 0 aromatic heterocycles. The quantitative estimate of drug-likeness (QED) is 0.745. The van der Waals surface area contributed by atoms with Crippen molar-refractivity contribution >= 4 is 0 Å². The maximum absolute atomic E-state index is 11.5. The molecule has 1 aromatic carbocycles. The van der Waals surface area contributed by atoms with Gasteiger partial charge in [0, 0.05) is 45.3 Å². The number of piperazine rings is 1. The van der Waals surface area contributed by atoms with Gasteiger partial charge in [0.1, 0.15) is 0 Å². The second kappa shape index (κ2) is 8.58. The molecule has 5 nitrogen and oxygen atoms in total. The fraction of sp³-hybridized carbons (Fsp3) is 0.727. The standard InChI is InChI=1S/C22H35N3O2/c1-27-17-5-4-12-24-13-15-25(16-14-24)20-18-6-2-3-7-19(18)22(21(20)26)8-10-23-11-9-22/h2-3,6-7,20-21,23,26H,4-5,8-17H2,1H3/t20-,21+/m1/s1. The van der Waals surface area contributed by atoms with Crippen molar-refractivity contribution in [1.82, 2.24) is 15.1 Å². The van der Waals surface area contributed by atoms with Gasteiger partial charge < -0.3 is 20.1 Å². The van der Waals surface area contributed by atoms with Crippen LogP contribution in [0.4, 0.5) is 0 Å². The second-order valence-electron chi connectivity index (χ2n) is 8.46. The molecule has 2 saturated heterocycles. The third kappa shape index (κ3) is 3.68. The number of nitrogens with zero attached hydrogens (tertiary/aromatic N) is 2. The van der Waals surface area contributed by atoms with Crippen molar-refractivity contribution in [3.05, 3.63) is 35.4 Å². The SMILES string of the molecule is COCCCCN1CCN([C@@H]2c3ccccc3C3(CCNCC3)[C@H]2O)CC1. The number of methoxy groups -OCH3 is 1. The van der Waals surface area contributed by atoms with Crippen LogP contribution in [0.1, 0.15) is 42.9 Å². The Morgan fingerprint density at radius 2 is 1.85 bits per heavy atom. The molecule has 2 aliphatic heterocycles. The number of fused-ring (bicyclic) bond motifs is 2. The number of unbranched alkanes of at least 4 members (excludes halogenated alkanes) is 1. The predicted octanol–water partition coefficient (Wildman–Crippen LogP) is 1.77. The smallest absolute Gasteiger partial charge is 0.0834 e. The fourth-order valence-electron chi connectivity index (χ4n) is 5.52. The van der Waals surface area contributed by atoms with Crippen LogP contribution in [-0.4, -0.2) is 80.5 Å². The molecule has 0 bridgehead atoms. The summed E-state index contributed by atoms with van der Waals surface area (Å²) in [6, 6.07) is 8.99. The maximum atomic E-state index is 11.5. The van der Waals surface area contributed by atoms with Crippen LogP contribution in [-0.2, 0) is 10.2 Å². The first-order chi connectivity index (χ1) is 13.3. The van der Waals surface area contributed by atoms with E-state index < -0.39 is 0 Å². The lowest BCUT2D eigenvalue weighted by Crippen LogP contribution is -2.52. The number of benzene rings is 1. The van der Waals surface area contributed by atoms with Gasteiger partial charge in [-0.3, -0.25) is 4.90 Å². The molecule has 150 valence electrons. The van der Waals surface area contributed by atoms with Gasteiger partial charge in [0.15, 0.2) is 0 Å². The average molecular weight is 374 g/mol. The lowest BCUT2D eigenvalue weighted by molar-refractivity contribution is -0.0181. The van der Waals surface area contributed by atoms with Gasteiger partial charge in [0.2, 0.25) is 0 Å². The Hall–Kier alpha value is -0.980. The molecule has 1 aromatic rings. The Morgan fingerprint density at radius 1 is 1.11 bits per heavy atom. The summed E-state index contributed by atoms with van der Waals surface area (Å²) in [7, 11) is 1.78. The van der Waals surface area contributed by atoms with Crippen molar-refractivity contribution in [3.63, 3.8) is 0 Å². The van der Waals surface area contributed by atoms with E-state index in [1.54, 1.807) is 7.11 Å². The Morgan fingerprint density at radius 3 is 2.59 bits per heavy atom. The normalized spacial score (nSPS) is 28.5. The van der Waals surface area contributed by atoms with Crippen LogP contribution in [0.15, 0.2) is 24.3 Å². The maximum Gasteiger partial charge on any atom is 0.0834 e. The second-order valence-corrected chi connectivity index (χ2v) is 8.46. The van der Waals surface area contributed by atoms with E-state index in [1.165, 1.54) is 17.5 Å². The Labute approximate surface area is 163 Å². The van der Waals surface area contributed by atoms with Crippen LogP contribution in [0.5, 0.6) is 0 Å². The fourth-order valence-corrected chi connectivity index (χ4v) is 5.52. The highest BCUT2D eigenvalue weighted by Crippen LogP contribution is 2.52. The minimum Gasteiger partial charge on any atom is -0.390 e. The number of aliphatic hydroxyl groups excluding tert-OH is 1. The molecular formula is C22H35N3O2. The summed E-state index contributed by atoms with van der Waals surface area (Å²) < 4.78 is 5.16. The zero-order valence-corrected chi connectivity index (χ0v) is 16.7. The zero-order valence-electron chi connectivity index (χ0n) is 16.7. The average Bonchev–Trinajstić information content (AvgIpc) is 2.95. The summed E-state index contributed by atoms with van der Waals surface area (Å²) in [5, 5.41) is 15.0. The highest BCUT2D eigenvalue weighted by atomic mass is 16.5. The molecule has 0 amide bonds. The van der Waals surface area contributed by atoms with Crippen LogP contribution in [0.2, 0.25) is 0 Å². The number of hydrogen-bond donors (Lipinski definition) is 2. The third-order valence-corrected chi connectivity index (χ3v) is 7.05. The molecule has 5 heteroatoms. The zero-order chi connectivity index (χ0) is 18.7. The molecule has 2 N–H and O–H groups in total. The highest BCUT2D eigenvalue weighted by molar-refractivity contribution is 5.45. The lowest BCUT2D eigenvalue weighted by atomic mass is 9.72.